The van der Waals surface area contributed by atoms with Crippen LogP contribution in [-0.4, -0.2) is 9.55 Å². The lowest BCUT2D eigenvalue weighted by Gasteiger charge is -2.12. The van der Waals surface area contributed by atoms with E-state index in [9.17, 15) is 10.1 Å². The van der Waals surface area contributed by atoms with E-state index in [2.05, 4.69) is 18.2 Å². The maximum Gasteiger partial charge on any atom is 0.262 e. The lowest BCUT2D eigenvalue weighted by Crippen LogP contribution is -2.22. The van der Waals surface area contributed by atoms with Crippen LogP contribution in [0.15, 0.2) is 82.7 Å². The van der Waals surface area contributed by atoms with Gasteiger partial charge in [-0.1, -0.05) is 66.4 Å². The van der Waals surface area contributed by atoms with Crippen molar-refractivity contribution in [3.63, 3.8) is 0 Å². The molecule has 0 aliphatic heterocycles. The molecule has 1 saturated carbocycles. The third kappa shape index (κ3) is 3.51. The molecule has 5 rings (SSSR count). The number of benzene rings is 3. The zero-order chi connectivity index (χ0) is 20.5. The van der Waals surface area contributed by atoms with Crippen molar-refractivity contribution in [2.45, 2.75) is 29.8 Å². The zero-order valence-corrected chi connectivity index (χ0v) is 17.1. The Morgan fingerprint density at radius 1 is 1.00 bits per heavy atom. The van der Waals surface area contributed by atoms with Gasteiger partial charge in [0.15, 0.2) is 5.16 Å². The molecule has 5 heteroatoms. The number of rotatable bonds is 5. The second-order valence-corrected chi connectivity index (χ2v) is 8.40. The average Bonchev–Trinajstić information content (AvgIpc) is 3.63. The molecule has 0 amide bonds. The topological polar surface area (TPSA) is 58.7 Å². The SMILES string of the molecule is N#Cc1ccccc1-c1ccc(CSc2nc3ccccc3c(=O)n2C2CC2)cc1. The van der Waals surface area contributed by atoms with Crippen LogP contribution in [0.1, 0.15) is 30.0 Å². The summed E-state index contributed by atoms with van der Waals surface area (Å²) in [6.07, 6.45) is 2.08. The molecule has 0 unspecified atom stereocenters. The normalized spacial score (nSPS) is 13.3. The van der Waals surface area contributed by atoms with E-state index in [4.69, 9.17) is 4.98 Å². The van der Waals surface area contributed by atoms with Crippen molar-refractivity contribution in [2.75, 3.05) is 0 Å². The fourth-order valence-electron chi connectivity index (χ4n) is 3.64. The lowest BCUT2D eigenvalue weighted by molar-refractivity contribution is 0.618. The predicted molar refractivity (Wildman–Crippen MR) is 120 cm³/mol. The van der Waals surface area contributed by atoms with Crippen LogP contribution in [-0.2, 0) is 5.75 Å². The Labute approximate surface area is 178 Å². The highest BCUT2D eigenvalue weighted by molar-refractivity contribution is 7.98. The summed E-state index contributed by atoms with van der Waals surface area (Å²) in [6.45, 7) is 0. The Kier molecular flexibility index (Phi) is 4.86. The second kappa shape index (κ2) is 7.81. The minimum Gasteiger partial charge on any atom is -0.284 e. The first-order valence-corrected chi connectivity index (χ1v) is 11.0. The van der Waals surface area contributed by atoms with Crippen molar-refractivity contribution in [2.24, 2.45) is 0 Å². The minimum absolute atomic E-state index is 0.0639. The van der Waals surface area contributed by atoms with Crippen LogP contribution in [0.3, 0.4) is 0 Å². The van der Waals surface area contributed by atoms with Crippen LogP contribution in [0.4, 0.5) is 0 Å². The van der Waals surface area contributed by atoms with E-state index in [1.165, 1.54) is 0 Å². The Balaban J connectivity index is 1.42. The molecule has 0 saturated heterocycles. The molecular formula is C25H19N3OS. The third-order valence-electron chi connectivity index (χ3n) is 5.37. The largest absolute Gasteiger partial charge is 0.284 e. The second-order valence-electron chi connectivity index (χ2n) is 7.46. The van der Waals surface area contributed by atoms with Crippen LogP contribution >= 0.6 is 11.8 Å². The summed E-state index contributed by atoms with van der Waals surface area (Å²) >= 11 is 1.61. The molecule has 4 aromatic rings. The van der Waals surface area contributed by atoms with Crippen molar-refractivity contribution < 1.29 is 0 Å². The number of nitriles is 1. The van der Waals surface area contributed by atoms with E-state index in [0.717, 1.165) is 46.0 Å². The van der Waals surface area contributed by atoms with Crippen LogP contribution < -0.4 is 5.56 Å². The maximum absolute atomic E-state index is 13.0. The molecule has 4 nitrogen and oxygen atoms in total. The Bertz CT molecular complexity index is 1330. The highest BCUT2D eigenvalue weighted by atomic mass is 32.2. The van der Waals surface area contributed by atoms with Crippen molar-refractivity contribution in [1.29, 1.82) is 5.26 Å². The van der Waals surface area contributed by atoms with Gasteiger partial charge in [-0.15, -0.1) is 0 Å². The molecule has 1 heterocycles. The standard InChI is InChI=1S/C25H19N3OS/c26-15-19-5-1-2-6-21(19)18-11-9-17(10-12-18)16-30-25-27-23-8-4-3-7-22(23)24(29)28(25)20-13-14-20/h1-12,20H,13-14,16H2. The van der Waals surface area contributed by atoms with E-state index in [0.29, 0.717) is 10.9 Å². The molecule has 30 heavy (non-hydrogen) atoms. The third-order valence-corrected chi connectivity index (χ3v) is 6.39. The molecule has 1 fully saturated rings. The Morgan fingerprint density at radius 3 is 2.50 bits per heavy atom. The van der Waals surface area contributed by atoms with Crippen molar-refractivity contribution in [1.82, 2.24) is 9.55 Å². The Morgan fingerprint density at radius 2 is 1.73 bits per heavy atom. The van der Waals surface area contributed by atoms with Gasteiger partial charge in [-0.3, -0.25) is 9.36 Å². The first kappa shape index (κ1) is 18.7. The summed E-state index contributed by atoms with van der Waals surface area (Å²) in [6, 6.07) is 26.0. The first-order chi connectivity index (χ1) is 14.7. The van der Waals surface area contributed by atoms with Gasteiger partial charge in [0.1, 0.15) is 0 Å². The number of para-hydroxylation sites is 1. The van der Waals surface area contributed by atoms with E-state index >= 15 is 0 Å². The molecule has 1 aromatic heterocycles. The van der Waals surface area contributed by atoms with E-state index in [1.807, 2.05) is 65.2 Å². The highest BCUT2D eigenvalue weighted by Gasteiger charge is 2.28. The molecule has 0 spiro atoms. The van der Waals surface area contributed by atoms with Gasteiger partial charge < -0.3 is 0 Å². The highest BCUT2D eigenvalue weighted by Crippen LogP contribution is 2.37. The van der Waals surface area contributed by atoms with Gasteiger partial charge >= 0.3 is 0 Å². The van der Waals surface area contributed by atoms with Gasteiger partial charge in [0, 0.05) is 11.8 Å². The fraction of sp³-hybridized carbons (Fsp3) is 0.160. The number of hydrogen-bond donors (Lipinski definition) is 0. The first-order valence-electron chi connectivity index (χ1n) is 9.97. The Hall–Kier alpha value is -3.36. The van der Waals surface area contributed by atoms with Crippen LogP contribution in [0.25, 0.3) is 22.0 Å². The van der Waals surface area contributed by atoms with E-state index < -0.39 is 0 Å². The summed E-state index contributed by atoms with van der Waals surface area (Å²) < 4.78 is 1.88. The van der Waals surface area contributed by atoms with Gasteiger partial charge in [0.05, 0.1) is 22.5 Å². The zero-order valence-electron chi connectivity index (χ0n) is 16.3. The molecule has 3 aromatic carbocycles. The smallest absolute Gasteiger partial charge is 0.262 e. The molecule has 146 valence electrons. The molecule has 0 N–H and O–H groups in total. The van der Waals surface area contributed by atoms with E-state index in [1.54, 1.807) is 11.8 Å². The monoisotopic (exact) mass is 409 g/mol. The van der Waals surface area contributed by atoms with E-state index in [-0.39, 0.29) is 11.6 Å². The molecular weight excluding hydrogens is 390 g/mol. The quantitative estimate of drug-likeness (QED) is 0.320. The summed E-state index contributed by atoms with van der Waals surface area (Å²) in [4.78, 5) is 17.8. The number of thioether (sulfide) groups is 1. The summed E-state index contributed by atoms with van der Waals surface area (Å²) in [5, 5.41) is 10.8. The van der Waals surface area contributed by atoms with Gasteiger partial charge in [-0.2, -0.15) is 5.26 Å². The van der Waals surface area contributed by atoms with Crippen molar-refractivity contribution >= 4 is 22.7 Å². The van der Waals surface area contributed by atoms with Gasteiger partial charge in [-0.05, 0) is 47.7 Å². The summed E-state index contributed by atoms with van der Waals surface area (Å²) in [5.41, 5.74) is 4.62. The van der Waals surface area contributed by atoms with Crippen LogP contribution in [0.2, 0.25) is 0 Å². The van der Waals surface area contributed by atoms with Gasteiger partial charge in [0.25, 0.3) is 5.56 Å². The number of hydrogen-bond acceptors (Lipinski definition) is 4. The van der Waals surface area contributed by atoms with Crippen LogP contribution in [0, 0.1) is 11.3 Å². The van der Waals surface area contributed by atoms with Crippen molar-refractivity contribution in [3.8, 4) is 17.2 Å². The lowest BCUT2D eigenvalue weighted by atomic mass is 10.00. The van der Waals surface area contributed by atoms with Gasteiger partial charge in [-0.25, -0.2) is 4.98 Å². The summed E-state index contributed by atoms with van der Waals surface area (Å²) in [5.74, 6) is 0.734. The van der Waals surface area contributed by atoms with Crippen LogP contribution in [0.5, 0.6) is 0 Å². The average molecular weight is 410 g/mol. The number of fused-ring (bicyclic) bond motifs is 1. The van der Waals surface area contributed by atoms with Crippen molar-refractivity contribution in [3.05, 3.63) is 94.3 Å². The van der Waals surface area contributed by atoms with Gasteiger partial charge in [0.2, 0.25) is 0 Å². The number of nitrogens with zero attached hydrogens (tertiary/aromatic N) is 3. The molecule has 1 aliphatic carbocycles. The molecule has 0 bridgehead atoms. The summed E-state index contributed by atoms with van der Waals surface area (Å²) in [7, 11) is 0. The fourth-order valence-corrected chi connectivity index (χ4v) is 4.67. The molecule has 0 radical (unpaired) electrons. The minimum atomic E-state index is 0.0639. The predicted octanol–water partition coefficient (Wildman–Crippen LogP) is 5.56. The molecule has 0 atom stereocenters. The molecule has 1 aliphatic rings. The maximum atomic E-state index is 13.0. The number of aromatic nitrogens is 2.